The van der Waals surface area contributed by atoms with Crippen LogP contribution in [0.5, 0.6) is 0 Å². The van der Waals surface area contributed by atoms with Crippen molar-refractivity contribution in [1.29, 1.82) is 0 Å². The van der Waals surface area contributed by atoms with Crippen LogP contribution in [0, 0.1) is 5.92 Å². The van der Waals surface area contributed by atoms with Gasteiger partial charge in [-0.2, -0.15) is 4.72 Å². The van der Waals surface area contributed by atoms with E-state index in [-0.39, 0.29) is 4.90 Å². The molecule has 0 saturated carbocycles. The first kappa shape index (κ1) is 24.5. The number of carboxylic acids is 1. The minimum atomic E-state index is -3.98. The van der Waals surface area contributed by atoms with Gasteiger partial charge in [-0.3, -0.25) is 4.79 Å². The van der Waals surface area contributed by atoms with Crippen LogP contribution in [0.1, 0.15) is 25.8 Å². The normalized spacial score (nSPS) is 13.6. The molecule has 0 spiro atoms. The fraction of sp³-hybridized carbons (Fsp3) is 0.192. The molecule has 1 unspecified atom stereocenters. The first-order valence-corrected chi connectivity index (χ1v) is 12.5. The molecule has 0 bridgehead atoms. The lowest BCUT2D eigenvalue weighted by atomic mass is 10.1. The van der Waals surface area contributed by atoms with Crippen LogP contribution in [0.2, 0.25) is 0 Å². The van der Waals surface area contributed by atoms with Crippen molar-refractivity contribution in [3.63, 3.8) is 0 Å². The number of fused-ring (bicyclic) bond motifs is 1. The van der Waals surface area contributed by atoms with E-state index in [2.05, 4.69) is 10.0 Å². The van der Waals surface area contributed by atoms with E-state index in [1.54, 1.807) is 44.2 Å². The third-order valence-corrected chi connectivity index (χ3v) is 7.07. The van der Waals surface area contributed by atoms with Gasteiger partial charge in [0.05, 0.1) is 4.90 Å². The Morgan fingerprint density at radius 3 is 2.09 bits per heavy atom. The molecular formula is C26H26N2O6S. The topological polar surface area (TPSA) is 129 Å². The van der Waals surface area contributed by atoms with Crippen molar-refractivity contribution in [2.45, 2.75) is 31.0 Å². The third-order valence-electron chi connectivity index (χ3n) is 5.62. The van der Waals surface area contributed by atoms with Gasteiger partial charge in [0.15, 0.2) is 12.0 Å². The van der Waals surface area contributed by atoms with Crippen LogP contribution in [0.3, 0.4) is 0 Å². The van der Waals surface area contributed by atoms with Crippen molar-refractivity contribution in [2.24, 2.45) is 5.92 Å². The SMILES string of the molecule is CC(C)[C@H](NS(=O)(=O)c1ccc(-c2ccc(NC(O)c3cc4ccccc4o3)cc2)cc1)C(=O)O. The number of hydrogen-bond donors (Lipinski definition) is 4. The largest absolute Gasteiger partial charge is 0.480 e. The predicted molar refractivity (Wildman–Crippen MR) is 133 cm³/mol. The smallest absolute Gasteiger partial charge is 0.322 e. The van der Waals surface area contributed by atoms with E-state index in [1.165, 1.54) is 12.1 Å². The van der Waals surface area contributed by atoms with Gasteiger partial charge in [0.2, 0.25) is 10.0 Å². The fourth-order valence-corrected chi connectivity index (χ4v) is 5.00. The maximum atomic E-state index is 12.6. The maximum Gasteiger partial charge on any atom is 0.322 e. The van der Waals surface area contributed by atoms with Gasteiger partial charge < -0.3 is 19.9 Å². The summed E-state index contributed by atoms with van der Waals surface area (Å²) in [6.45, 7) is 3.28. The zero-order chi connectivity index (χ0) is 25.2. The highest BCUT2D eigenvalue weighted by molar-refractivity contribution is 7.89. The number of aliphatic hydroxyl groups excluding tert-OH is 1. The molecule has 4 aromatic rings. The van der Waals surface area contributed by atoms with E-state index in [4.69, 9.17) is 4.42 Å². The molecule has 0 saturated heterocycles. The Kier molecular flexibility index (Phi) is 6.93. The second kappa shape index (κ2) is 9.91. The summed E-state index contributed by atoms with van der Waals surface area (Å²) >= 11 is 0. The van der Waals surface area contributed by atoms with Crippen molar-refractivity contribution in [3.8, 4) is 11.1 Å². The molecule has 0 aliphatic carbocycles. The molecule has 1 heterocycles. The quantitative estimate of drug-likeness (QED) is 0.251. The summed E-state index contributed by atoms with van der Waals surface area (Å²) in [5.41, 5.74) is 3.00. The first-order valence-electron chi connectivity index (χ1n) is 11.0. The maximum absolute atomic E-state index is 12.6. The molecule has 0 amide bonds. The Bertz CT molecular complexity index is 1390. The zero-order valence-corrected chi connectivity index (χ0v) is 20.0. The molecule has 0 radical (unpaired) electrons. The van der Waals surface area contributed by atoms with Gasteiger partial charge in [-0.1, -0.05) is 56.3 Å². The lowest BCUT2D eigenvalue weighted by Crippen LogP contribution is -2.44. The lowest BCUT2D eigenvalue weighted by Gasteiger charge is -2.18. The van der Waals surface area contributed by atoms with Gasteiger partial charge in [0.25, 0.3) is 0 Å². The van der Waals surface area contributed by atoms with Crippen molar-refractivity contribution in [1.82, 2.24) is 4.72 Å². The Balaban J connectivity index is 1.45. The molecule has 0 aliphatic rings. The second-order valence-electron chi connectivity index (χ2n) is 8.52. The van der Waals surface area contributed by atoms with Crippen molar-refractivity contribution in [2.75, 3.05) is 5.32 Å². The number of aliphatic hydroxyl groups is 1. The number of carboxylic acid groups (broad SMARTS) is 1. The van der Waals surface area contributed by atoms with Crippen LogP contribution >= 0.6 is 0 Å². The summed E-state index contributed by atoms with van der Waals surface area (Å²) in [5, 5.41) is 23.7. The molecule has 2 atom stereocenters. The standard InChI is InChI=1S/C26H26N2O6S/c1-16(2)24(26(30)31)28-35(32,33)21-13-9-18(10-14-21)17-7-11-20(12-8-17)27-25(29)23-15-19-5-3-4-6-22(19)34-23/h3-16,24-25,27-29H,1-2H3,(H,30,31)/t24-,25?/m0/s1. The van der Waals surface area contributed by atoms with Gasteiger partial charge in [0, 0.05) is 11.1 Å². The Labute approximate surface area is 203 Å². The van der Waals surface area contributed by atoms with Crippen LogP contribution < -0.4 is 10.0 Å². The summed E-state index contributed by atoms with van der Waals surface area (Å²) < 4.78 is 33.1. The lowest BCUT2D eigenvalue weighted by molar-refractivity contribution is -0.140. The van der Waals surface area contributed by atoms with Gasteiger partial charge in [-0.05, 0) is 53.4 Å². The molecule has 8 nitrogen and oxygen atoms in total. The number of carbonyl (C=O) groups is 1. The highest BCUT2D eigenvalue weighted by atomic mass is 32.2. The Morgan fingerprint density at radius 1 is 0.914 bits per heavy atom. The molecule has 9 heteroatoms. The summed E-state index contributed by atoms with van der Waals surface area (Å²) in [7, 11) is -3.98. The summed E-state index contributed by atoms with van der Waals surface area (Å²) in [6.07, 6.45) is -1.02. The van der Waals surface area contributed by atoms with Crippen LogP contribution in [0.15, 0.2) is 88.2 Å². The molecule has 3 aromatic carbocycles. The predicted octanol–water partition coefficient (Wildman–Crippen LogP) is 4.59. The van der Waals surface area contributed by atoms with E-state index in [0.717, 1.165) is 16.5 Å². The van der Waals surface area contributed by atoms with Gasteiger partial charge in [0.1, 0.15) is 11.6 Å². The number of hydrogen-bond acceptors (Lipinski definition) is 6. The summed E-state index contributed by atoms with van der Waals surface area (Å²) in [6, 6.07) is 21.6. The minimum Gasteiger partial charge on any atom is -0.480 e. The molecule has 1 aromatic heterocycles. The number of aliphatic carboxylic acids is 1. The molecule has 35 heavy (non-hydrogen) atoms. The Morgan fingerprint density at radius 2 is 1.51 bits per heavy atom. The van der Waals surface area contributed by atoms with Crippen LogP contribution in [-0.4, -0.2) is 30.6 Å². The van der Waals surface area contributed by atoms with Gasteiger partial charge >= 0.3 is 5.97 Å². The number of para-hydroxylation sites is 1. The number of furan rings is 1. The fourth-order valence-electron chi connectivity index (χ4n) is 3.66. The third kappa shape index (κ3) is 5.54. The monoisotopic (exact) mass is 494 g/mol. The molecule has 0 aliphatic heterocycles. The summed E-state index contributed by atoms with van der Waals surface area (Å²) in [5.74, 6) is -1.22. The average Bonchev–Trinajstić information content (AvgIpc) is 3.27. The van der Waals surface area contributed by atoms with E-state index < -0.39 is 34.2 Å². The van der Waals surface area contributed by atoms with Crippen molar-refractivity contribution in [3.05, 3.63) is 84.6 Å². The second-order valence-corrected chi connectivity index (χ2v) is 10.2. The van der Waals surface area contributed by atoms with Crippen LogP contribution in [0.25, 0.3) is 22.1 Å². The molecule has 4 N–H and O–H groups in total. The van der Waals surface area contributed by atoms with Gasteiger partial charge in [-0.15, -0.1) is 0 Å². The number of anilines is 1. The Hall–Kier alpha value is -3.66. The number of benzene rings is 3. The van der Waals surface area contributed by atoms with E-state index in [9.17, 15) is 23.4 Å². The highest BCUT2D eigenvalue weighted by Gasteiger charge is 2.28. The average molecular weight is 495 g/mol. The number of sulfonamides is 1. The summed E-state index contributed by atoms with van der Waals surface area (Å²) in [4.78, 5) is 11.3. The van der Waals surface area contributed by atoms with Gasteiger partial charge in [-0.25, -0.2) is 8.42 Å². The van der Waals surface area contributed by atoms with E-state index in [0.29, 0.717) is 17.0 Å². The number of nitrogens with one attached hydrogen (secondary N) is 2. The first-order chi connectivity index (χ1) is 16.6. The zero-order valence-electron chi connectivity index (χ0n) is 19.2. The molecule has 0 fully saturated rings. The van der Waals surface area contributed by atoms with E-state index in [1.807, 2.05) is 36.4 Å². The van der Waals surface area contributed by atoms with Crippen molar-refractivity contribution >= 4 is 32.6 Å². The molecule has 182 valence electrons. The van der Waals surface area contributed by atoms with Crippen LogP contribution in [-0.2, 0) is 14.8 Å². The molecule has 4 rings (SSSR count). The van der Waals surface area contributed by atoms with Crippen molar-refractivity contribution < 1.29 is 27.8 Å². The van der Waals surface area contributed by atoms with E-state index >= 15 is 0 Å². The highest BCUT2D eigenvalue weighted by Crippen LogP contribution is 2.27. The minimum absolute atomic E-state index is 0.0135. The molecular weight excluding hydrogens is 468 g/mol. The van der Waals surface area contributed by atoms with Crippen LogP contribution in [0.4, 0.5) is 5.69 Å². The number of rotatable bonds is 9.